The van der Waals surface area contributed by atoms with Gasteiger partial charge in [0.1, 0.15) is 0 Å². The van der Waals surface area contributed by atoms with E-state index in [0.29, 0.717) is 17.7 Å². The van der Waals surface area contributed by atoms with Gasteiger partial charge in [0.25, 0.3) is 0 Å². The molecule has 0 atom stereocenters. The normalized spacial score (nSPS) is 9.91. The van der Waals surface area contributed by atoms with E-state index in [1.54, 1.807) is 6.07 Å². The molecule has 0 unspecified atom stereocenters. The summed E-state index contributed by atoms with van der Waals surface area (Å²) in [4.78, 5) is 0. The third-order valence-corrected chi connectivity index (χ3v) is 1.65. The van der Waals surface area contributed by atoms with Gasteiger partial charge >= 0.3 is 0 Å². The predicted octanol–water partition coefficient (Wildman–Crippen LogP) is 1.24. The van der Waals surface area contributed by atoms with Gasteiger partial charge in [-0.05, 0) is 18.6 Å². The maximum absolute atomic E-state index is 9.25. The van der Waals surface area contributed by atoms with E-state index in [1.807, 2.05) is 6.92 Å². The van der Waals surface area contributed by atoms with Crippen molar-refractivity contribution in [2.24, 2.45) is 0 Å². The Morgan fingerprint density at radius 3 is 2.45 bits per heavy atom. The Kier molecular flexibility index (Phi) is 1.89. The third kappa shape index (κ3) is 1.22. The number of anilines is 1. The number of nitrogens with two attached hydrogens (primary N) is 1. The fraction of sp³-hybridized carbons (Fsp3) is 0.250. The summed E-state index contributed by atoms with van der Waals surface area (Å²) in [6.07, 6.45) is 0.617. The number of phenols is 2. The standard InChI is InChI=1S/C8H11NO2/c1-2-5-6(9)3-4-7(10)8(5)11/h3-4,10-11H,2,9H2,1H3. The second-order valence-electron chi connectivity index (χ2n) is 2.35. The van der Waals surface area contributed by atoms with Crippen molar-refractivity contribution in [3.8, 4) is 11.5 Å². The molecule has 0 saturated heterocycles. The fourth-order valence-corrected chi connectivity index (χ4v) is 1.01. The van der Waals surface area contributed by atoms with E-state index < -0.39 is 0 Å². The molecule has 0 bridgehead atoms. The fourth-order valence-electron chi connectivity index (χ4n) is 1.01. The van der Waals surface area contributed by atoms with E-state index in [2.05, 4.69) is 0 Å². The molecule has 0 fully saturated rings. The minimum Gasteiger partial charge on any atom is -0.504 e. The molecule has 3 nitrogen and oxygen atoms in total. The van der Waals surface area contributed by atoms with E-state index in [1.165, 1.54) is 6.07 Å². The summed E-state index contributed by atoms with van der Waals surface area (Å²) in [5, 5.41) is 18.3. The second kappa shape index (κ2) is 2.70. The summed E-state index contributed by atoms with van der Waals surface area (Å²) < 4.78 is 0. The van der Waals surface area contributed by atoms with E-state index in [9.17, 15) is 5.11 Å². The number of benzene rings is 1. The molecule has 1 aromatic carbocycles. The number of hydrogen-bond acceptors (Lipinski definition) is 3. The van der Waals surface area contributed by atoms with E-state index in [4.69, 9.17) is 10.8 Å². The Morgan fingerprint density at radius 2 is 2.00 bits per heavy atom. The van der Waals surface area contributed by atoms with Crippen LogP contribution in [0.1, 0.15) is 12.5 Å². The van der Waals surface area contributed by atoms with Crippen LogP contribution >= 0.6 is 0 Å². The summed E-state index contributed by atoms with van der Waals surface area (Å²) in [7, 11) is 0. The molecule has 0 aliphatic heterocycles. The molecule has 60 valence electrons. The van der Waals surface area contributed by atoms with Gasteiger partial charge in [-0.25, -0.2) is 0 Å². The van der Waals surface area contributed by atoms with Gasteiger partial charge in [-0.3, -0.25) is 0 Å². The first-order chi connectivity index (χ1) is 5.16. The number of rotatable bonds is 1. The number of aromatic hydroxyl groups is 2. The molecule has 0 aromatic heterocycles. The van der Waals surface area contributed by atoms with E-state index >= 15 is 0 Å². The van der Waals surface area contributed by atoms with Crippen LogP contribution in [0.25, 0.3) is 0 Å². The van der Waals surface area contributed by atoms with Crippen molar-refractivity contribution in [1.82, 2.24) is 0 Å². The van der Waals surface area contributed by atoms with Gasteiger partial charge in [0.2, 0.25) is 0 Å². The first-order valence-corrected chi connectivity index (χ1v) is 3.46. The number of nitrogen functional groups attached to an aromatic ring is 1. The van der Waals surface area contributed by atoms with Crippen LogP contribution in [-0.2, 0) is 6.42 Å². The Bertz CT molecular complexity index is 271. The van der Waals surface area contributed by atoms with Crippen molar-refractivity contribution >= 4 is 5.69 Å². The first-order valence-electron chi connectivity index (χ1n) is 3.46. The van der Waals surface area contributed by atoms with E-state index in [0.717, 1.165) is 0 Å². The molecular weight excluding hydrogens is 142 g/mol. The smallest absolute Gasteiger partial charge is 0.162 e. The molecule has 0 spiro atoms. The van der Waals surface area contributed by atoms with Crippen molar-refractivity contribution in [2.45, 2.75) is 13.3 Å². The Hall–Kier alpha value is -1.38. The van der Waals surface area contributed by atoms with Gasteiger partial charge in [-0.2, -0.15) is 0 Å². The van der Waals surface area contributed by atoms with Gasteiger partial charge < -0.3 is 15.9 Å². The highest BCUT2D eigenvalue weighted by Gasteiger charge is 2.06. The van der Waals surface area contributed by atoms with Crippen molar-refractivity contribution in [2.75, 3.05) is 5.73 Å². The third-order valence-electron chi connectivity index (χ3n) is 1.65. The average Bonchev–Trinajstić information content (AvgIpc) is 1.99. The second-order valence-corrected chi connectivity index (χ2v) is 2.35. The molecule has 0 saturated carbocycles. The summed E-state index contributed by atoms with van der Waals surface area (Å²) in [6.45, 7) is 1.87. The molecule has 3 heteroatoms. The number of hydrogen-bond donors (Lipinski definition) is 3. The van der Waals surface area contributed by atoms with Crippen LogP contribution in [0.2, 0.25) is 0 Å². The average molecular weight is 153 g/mol. The highest BCUT2D eigenvalue weighted by atomic mass is 16.3. The zero-order valence-electron chi connectivity index (χ0n) is 6.33. The van der Waals surface area contributed by atoms with Crippen LogP contribution in [0.15, 0.2) is 12.1 Å². The lowest BCUT2D eigenvalue weighted by atomic mass is 10.1. The zero-order valence-corrected chi connectivity index (χ0v) is 6.33. The van der Waals surface area contributed by atoms with E-state index in [-0.39, 0.29) is 11.5 Å². The molecule has 1 rings (SSSR count). The molecule has 4 N–H and O–H groups in total. The monoisotopic (exact) mass is 153 g/mol. The van der Waals surface area contributed by atoms with Gasteiger partial charge in [0, 0.05) is 11.3 Å². The minimum atomic E-state index is -0.115. The lowest BCUT2D eigenvalue weighted by molar-refractivity contribution is 0.400. The maximum Gasteiger partial charge on any atom is 0.162 e. The zero-order chi connectivity index (χ0) is 8.43. The van der Waals surface area contributed by atoms with Gasteiger partial charge in [0.05, 0.1) is 0 Å². The largest absolute Gasteiger partial charge is 0.504 e. The van der Waals surface area contributed by atoms with Crippen LogP contribution in [0.3, 0.4) is 0 Å². The predicted molar refractivity (Wildman–Crippen MR) is 43.6 cm³/mol. The molecule has 0 heterocycles. The Balaban J connectivity index is 3.29. The van der Waals surface area contributed by atoms with Crippen molar-refractivity contribution in [3.63, 3.8) is 0 Å². The quantitative estimate of drug-likeness (QED) is 0.323. The topological polar surface area (TPSA) is 66.5 Å². The molecule has 0 aliphatic carbocycles. The Labute approximate surface area is 65.1 Å². The first kappa shape index (κ1) is 7.72. The summed E-state index contributed by atoms with van der Waals surface area (Å²) >= 11 is 0. The molecule has 0 radical (unpaired) electrons. The summed E-state index contributed by atoms with van der Waals surface area (Å²) in [5.41, 5.74) is 6.65. The van der Waals surface area contributed by atoms with Crippen LogP contribution in [0.5, 0.6) is 11.5 Å². The summed E-state index contributed by atoms with van der Waals surface area (Å²) in [5.74, 6) is -0.219. The van der Waals surface area contributed by atoms with Crippen LogP contribution in [-0.4, -0.2) is 10.2 Å². The van der Waals surface area contributed by atoms with Crippen molar-refractivity contribution in [3.05, 3.63) is 17.7 Å². The molecular formula is C8H11NO2. The lowest BCUT2D eigenvalue weighted by Gasteiger charge is -2.06. The number of phenolic OH excluding ortho intramolecular Hbond substituents is 2. The highest BCUT2D eigenvalue weighted by Crippen LogP contribution is 2.32. The van der Waals surface area contributed by atoms with Gasteiger partial charge in [0.15, 0.2) is 11.5 Å². The lowest BCUT2D eigenvalue weighted by Crippen LogP contribution is -1.92. The minimum absolute atomic E-state index is 0.104. The van der Waals surface area contributed by atoms with Crippen LogP contribution in [0, 0.1) is 0 Å². The molecule has 0 aliphatic rings. The molecule has 0 amide bonds. The van der Waals surface area contributed by atoms with Crippen molar-refractivity contribution in [1.29, 1.82) is 0 Å². The maximum atomic E-state index is 9.25. The SMILES string of the molecule is CCc1c(N)ccc(O)c1O. The molecule has 1 aromatic rings. The Morgan fingerprint density at radius 1 is 1.36 bits per heavy atom. The molecule has 11 heavy (non-hydrogen) atoms. The van der Waals surface area contributed by atoms with Crippen molar-refractivity contribution < 1.29 is 10.2 Å². The highest BCUT2D eigenvalue weighted by molar-refractivity contribution is 5.59. The summed E-state index contributed by atoms with van der Waals surface area (Å²) in [6, 6.07) is 2.96. The van der Waals surface area contributed by atoms with Crippen LogP contribution in [0.4, 0.5) is 5.69 Å². The van der Waals surface area contributed by atoms with Gasteiger partial charge in [-0.1, -0.05) is 6.92 Å². The van der Waals surface area contributed by atoms with Gasteiger partial charge in [-0.15, -0.1) is 0 Å². The van der Waals surface area contributed by atoms with Crippen LogP contribution < -0.4 is 5.73 Å².